The van der Waals surface area contributed by atoms with E-state index < -0.39 is 5.60 Å². The van der Waals surface area contributed by atoms with Gasteiger partial charge < -0.3 is 20.3 Å². The van der Waals surface area contributed by atoms with Crippen molar-refractivity contribution in [3.05, 3.63) is 23.8 Å². The van der Waals surface area contributed by atoms with Gasteiger partial charge in [0.2, 0.25) is 0 Å². The highest BCUT2D eigenvalue weighted by molar-refractivity contribution is 5.49. The van der Waals surface area contributed by atoms with Crippen LogP contribution in [0.15, 0.2) is 18.2 Å². The molecule has 1 aromatic carbocycles. The minimum absolute atomic E-state index is 0.0438. The number of benzene rings is 1. The smallest absolute Gasteiger partial charge is 0.128 e. The van der Waals surface area contributed by atoms with E-state index in [0.717, 1.165) is 0 Å². The maximum atomic E-state index is 10.7. The van der Waals surface area contributed by atoms with Gasteiger partial charge in [-0.2, -0.15) is 0 Å². The van der Waals surface area contributed by atoms with Crippen LogP contribution in [0.3, 0.4) is 0 Å². The molecule has 0 aromatic heterocycles. The predicted molar refractivity (Wildman–Crippen MR) is 67.3 cm³/mol. The Labute approximate surface area is 102 Å². The average Bonchev–Trinajstić information content (AvgIpc) is 2.36. The Bertz CT molecular complexity index is 357. The molecule has 0 heterocycles. The fourth-order valence-electron chi connectivity index (χ4n) is 1.90. The zero-order chi connectivity index (χ0) is 13.1. The predicted octanol–water partition coefficient (Wildman–Crippen LogP) is 1.51. The van der Waals surface area contributed by atoms with E-state index in [1.54, 1.807) is 26.4 Å². The van der Waals surface area contributed by atoms with Gasteiger partial charge in [0, 0.05) is 6.54 Å². The number of methoxy groups -OCH3 is 2. The molecular weight excluding hydrogens is 218 g/mol. The Morgan fingerprint density at radius 1 is 1.24 bits per heavy atom. The van der Waals surface area contributed by atoms with Crippen molar-refractivity contribution < 1.29 is 14.6 Å². The molecule has 0 radical (unpaired) electrons. The summed E-state index contributed by atoms with van der Waals surface area (Å²) in [6.45, 7) is 3.94. The van der Waals surface area contributed by atoms with Crippen LogP contribution in [0.2, 0.25) is 0 Å². The number of nitrogens with two attached hydrogens (primary N) is 1. The molecule has 0 saturated carbocycles. The van der Waals surface area contributed by atoms with Crippen LogP contribution in [0.1, 0.15) is 19.4 Å². The quantitative estimate of drug-likeness (QED) is 0.817. The molecule has 4 heteroatoms. The second-order valence-corrected chi connectivity index (χ2v) is 4.32. The van der Waals surface area contributed by atoms with E-state index in [2.05, 4.69) is 0 Å². The highest BCUT2D eigenvalue weighted by Gasteiger charge is 2.37. The summed E-state index contributed by atoms with van der Waals surface area (Å²) in [6.07, 6.45) is 0. The maximum absolute atomic E-state index is 10.7. The van der Waals surface area contributed by atoms with Crippen molar-refractivity contribution in [1.29, 1.82) is 0 Å². The van der Waals surface area contributed by atoms with Crippen LogP contribution in [0, 0.1) is 5.92 Å². The molecule has 0 fully saturated rings. The number of rotatable bonds is 5. The molecule has 0 bridgehead atoms. The van der Waals surface area contributed by atoms with Gasteiger partial charge in [-0.15, -0.1) is 0 Å². The van der Waals surface area contributed by atoms with Gasteiger partial charge in [0.15, 0.2) is 0 Å². The Kier molecular flexibility index (Phi) is 4.37. The second-order valence-electron chi connectivity index (χ2n) is 4.32. The van der Waals surface area contributed by atoms with Gasteiger partial charge in [-0.1, -0.05) is 19.9 Å². The van der Waals surface area contributed by atoms with Crippen molar-refractivity contribution in [2.24, 2.45) is 11.7 Å². The zero-order valence-corrected chi connectivity index (χ0v) is 10.9. The van der Waals surface area contributed by atoms with Crippen molar-refractivity contribution >= 4 is 0 Å². The first kappa shape index (κ1) is 13.8. The van der Waals surface area contributed by atoms with Crippen molar-refractivity contribution in [3.63, 3.8) is 0 Å². The summed E-state index contributed by atoms with van der Waals surface area (Å²) in [4.78, 5) is 0. The van der Waals surface area contributed by atoms with Crippen molar-refractivity contribution in [2.45, 2.75) is 19.4 Å². The third kappa shape index (κ3) is 2.37. The molecule has 0 aliphatic heterocycles. The van der Waals surface area contributed by atoms with Crippen LogP contribution in [0.25, 0.3) is 0 Å². The first-order valence-corrected chi connectivity index (χ1v) is 5.65. The molecule has 96 valence electrons. The topological polar surface area (TPSA) is 64.7 Å². The van der Waals surface area contributed by atoms with Gasteiger partial charge in [-0.3, -0.25) is 0 Å². The van der Waals surface area contributed by atoms with Crippen LogP contribution in [0.5, 0.6) is 11.5 Å². The van der Waals surface area contributed by atoms with Gasteiger partial charge >= 0.3 is 0 Å². The summed E-state index contributed by atoms with van der Waals surface area (Å²) in [7, 11) is 3.13. The first-order chi connectivity index (χ1) is 8.01. The summed E-state index contributed by atoms with van der Waals surface area (Å²) >= 11 is 0. The summed E-state index contributed by atoms with van der Waals surface area (Å²) in [5, 5.41) is 10.7. The molecular formula is C13H21NO3. The monoisotopic (exact) mass is 239 g/mol. The molecule has 0 saturated heterocycles. The fraction of sp³-hybridized carbons (Fsp3) is 0.538. The highest BCUT2D eigenvalue weighted by atomic mass is 16.5. The van der Waals surface area contributed by atoms with Gasteiger partial charge in [0.05, 0.1) is 19.8 Å². The number of hydrogen-bond acceptors (Lipinski definition) is 4. The summed E-state index contributed by atoms with van der Waals surface area (Å²) < 4.78 is 10.6. The van der Waals surface area contributed by atoms with E-state index in [0.29, 0.717) is 17.1 Å². The summed E-state index contributed by atoms with van der Waals surface area (Å²) in [5.74, 6) is 1.13. The first-order valence-electron chi connectivity index (χ1n) is 5.65. The van der Waals surface area contributed by atoms with Crippen molar-refractivity contribution in [1.82, 2.24) is 0 Å². The Hall–Kier alpha value is -1.26. The van der Waals surface area contributed by atoms with Crippen molar-refractivity contribution in [2.75, 3.05) is 20.8 Å². The van der Waals surface area contributed by atoms with Gasteiger partial charge in [-0.25, -0.2) is 0 Å². The maximum Gasteiger partial charge on any atom is 0.128 e. The minimum Gasteiger partial charge on any atom is -0.496 e. The number of aliphatic hydroxyl groups is 1. The van der Waals surface area contributed by atoms with E-state index in [4.69, 9.17) is 15.2 Å². The lowest BCUT2D eigenvalue weighted by atomic mass is 9.82. The van der Waals surface area contributed by atoms with E-state index >= 15 is 0 Å². The molecule has 4 nitrogen and oxygen atoms in total. The van der Waals surface area contributed by atoms with E-state index in [9.17, 15) is 5.11 Å². The standard InChI is InChI=1S/C13H21NO3/c1-9(2)13(15,8-14)12-10(16-3)6-5-7-11(12)17-4/h5-7,9,15H,8,14H2,1-4H3. The molecule has 1 unspecified atom stereocenters. The molecule has 1 aromatic rings. The summed E-state index contributed by atoms with van der Waals surface area (Å²) in [5.41, 5.74) is 5.18. The third-order valence-corrected chi connectivity index (χ3v) is 3.13. The SMILES string of the molecule is COc1cccc(OC)c1C(O)(CN)C(C)C. The van der Waals surface area contributed by atoms with Crippen LogP contribution >= 0.6 is 0 Å². The van der Waals surface area contributed by atoms with Crippen LogP contribution in [-0.4, -0.2) is 25.9 Å². The second kappa shape index (κ2) is 5.38. The third-order valence-electron chi connectivity index (χ3n) is 3.13. The number of hydrogen-bond donors (Lipinski definition) is 2. The Morgan fingerprint density at radius 3 is 2.00 bits per heavy atom. The molecule has 0 aliphatic rings. The van der Waals surface area contributed by atoms with Crippen molar-refractivity contribution in [3.8, 4) is 11.5 Å². The van der Waals surface area contributed by atoms with E-state index in [1.807, 2.05) is 19.9 Å². The highest BCUT2D eigenvalue weighted by Crippen LogP contribution is 2.41. The van der Waals surface area contributed by atoms with Crippen LogP contribution < -0.4 is 15.2 Å². The zero-order valence-electron chi connectivity index (χ0n) is 10.9. The van der Waals surface area contributed by atoms with Gasteiger partial charge in [0.1, 0.15) is 17.1 Å². The van der Waals surface area contributed by atoms with Crippen LogP contribution in [0.4, 0.5) is 0 Å². The lowest BCUT2D eigenvalue weighted by Crippen LogP contribution is -2.40. The van der Waals surface area contributed by atoms with E-state index in [1.165, 1.54) is 0 Å². The Morgan fingerprint density at radius 2 is 1.71 bits per heavy atom. The molecule has 0 amide bonds. The van der Waals surface area contributed by atoms with Crippen LogP contribution in [-0.2, 0) is 5.60 Å². The number of ether oxygens (including phenoxy) is 2. The van der Waals surface area contributed by atoms with E-state index in [-0.39, 0.29) is 12.5 Å². The molecule has 3 N–H and O–H groups in total. The van der Waals surface area contributed by atoms with Gasteiger partial charge in [0.25, 0.3) is 0 Å². The molecule has 1 atom stereocenters. The molecule has 0 aliphatic carbocycles. The minimum atomic E-state index is -1.15. The summed E-state index contributed by atoms with van der Waals surface area (Å²) in [6, 6.07) is 5.40. The van der Waals surface area contributed by atoms with Gasteiger partial charge in [-0.05, 0) is 18.1 Å². The largest absolute Gasteiger partial charge is 0.496 e. The average molecular weight is 239 g/mol. The molecule has 0 spiro atoms. The fourth-order valence-corrected chi connectivity index (χ4v) is 1.90. The molecule has 1 rings (SSSR count). The molecule has 17 heavy (non-hydrogen) atoms. The normalized spacial score (nSPS) is 14.5. The lowest BCUT2D eigenvalue weighted by Gasteiger charge is -2.33. The lowest BCUT2D eigenvalue weighted by molar-refractivity contribution is -0.00517. The Balaban J connectivity index is 3.45.